The fraction of sp³-hybridized carbons (Fsp3) is 0.381. The Morgan fingerprint density at radius 3 is 2.82 bits per heavy atom. The van der Waals surface area contributed by atoms with Crippen LogP contribution in [0.15, 0.2) is 47.5 Å². The van der Waals surface area contributed by atoms with Gasteiger partial charge >= 0.3 is 6.09 Å². The Kier molecular flexibility index (Phi) is 5.92. The summed E-state index contributed by atoms with van der Waals surface area (Å²) in [5.41, 5.74) is 1.59. The van der Waals surface area contributed by atoms with Crippen LogP contribution in [0.4, 0.5) is 4.79 Å². The first kappa shape index (κ1) is 20.2. The van der Waals surface area contributed by atoms with Crippen LogP contribution in [0.3, 0.4) is 0 Å². The second-order valence-electron chi connectivity index (χ2n) is 7.25. The van der Waals surface area contributed by atoms with Gasteiger partial charge in [-0.2, -0.15) is 5.26 Å². The standard InChI is InChI=1S/C21H23N3O3S/c1-14-9-18(16(11-22)12-23-14)28-19(15-7-5-4-6-8-15)10-17-13-27-21(2,3)24(17)20(25)26/h4-9,12,17,19H,10,13H2,1-3H3,(H,25,26)/t17-,19+/m0/s1. The molecule has 3 rings (SSSR count). The first-order valence-corrected chi connectivity index (χ1v) is 9.94. The number of pyridine rings is 1. The van der Waals surface area contributed by atoms with Gasteiger partial charge < -0.3 is 9.84 Å². The fourth-order valence-electron chi connectivity index (χ4n) is 3.48. The predicted molar refractivity (Wildman–Crippen MR) is 107 cm³/mol. The highest BCUT2D eigenvalue weighted by atomic mass is 32.2. The number of nitriles is 1. The van der Waals surface area contributed by atoms with Crippen LogP contribution in [0.2, 0.25) is 0 Å². The van der Waals surface area contributed by atoms with Crippen molar-refractivity contribution in [2.45, 2.75) is 49.1 Å². The predicted octanol–water partition coefficient (Wildman–Crippen LogP) is 4.60. The van der Waals surface area contributed by atoms with Crippen molar-refractivity contribution in [3.05, 3.63) is 59.4 Å². The van der Waals surface area contributed by atoms with E-state index in [1.807, 2.05) is 43.3 Å². The Balaban J connectivity index is 1.92. The lowest BCUT2D eigenvalue weighted by molar-refractivity contribution is -0.0421. The van der Waals surface area contributed by atoms with E-state index in [4.69, 9.17) is 4.74 Å². The number of carboxylic acid groups (broad SMARTS) is 1. The number of rotatable bonds is 5. The number of hydrogen-bond donors (Lipinski definition) is 1. The van der Waals surface area contributed by atoms with Crippen molar-refractivity contribution in [2.75, 3.05) is 6.61 Å². The van der Waals surface area contributed by atoms with E-state index in [1.165, 1.54) is 4.90 Å². The molecule has 1 saturated heterocycles. The van der Waals surface area contributed by atoms with Crippen LogP contribution < -0.4 is 0 Å². The third-order valence-corrected chi connectivity index (χ3v) is 6.17. The van der Waals surface area contributed by atoms with Gasteiger partial charge in [0.15, 0.2) is 0 Å². The lowest BCUT2D eigenvalue weighted by atomic mass is 10.0. The van der Waals surface area contributed by atoms with Crippen molar-refractivity contribution in [1.82, 2.24) is 9.88 Å². The van der Waals surface area contributed by atoms with Crippen LogP contribution >= 0.6 is 11.8 Å². The van der Waals surface area contributed by atoms with E-state index < -0.39 is 11.8 Å². The monoisotopic (exact) mass is 397 g/mol. The summed E-state index contributed by atoms with van der Waals surface area (Å²) in [4.78, 5) is 18.3. The molecule has 1 aromatic carbocycles. The number of hydrogen-bond acceptors (Lipinski definition) is 5. The zero-order valence-corrected chi connectivity index (χ0v) is 16.9. The molecule has 6 nitrogen and oxygen atoms in total. The molecule has 2 aromatic rings. The molecule has 0 aliphatic carbocycles. The molecule has 0 radical (unpaired) electrons. The molecule has 0 saturated carbocycles. The number of benzene rings is 1. The van der Waals surface area contributed by atoms with Crippen LogP contribution in [0.1, 0.15) is 42.3 Å². The van der Waals surface area contributed by atoms with Gasteiger partial charge in [-0.25, -0.2) is 4.79 Å². The molecular formula is C21H23N3O3S. The summed E-state index contributed by atoms with van der Waals surface area (Å²) in [5, 5.41) is 19.1. The van der Waals surface area contributed by atoms with Gasteiger partial charge in [-0.3, -0.25) is 9.88 Å². The molecule has 2 heterocycles. The maximum absolute atomic E-state index is 11.8. The van der Waals surface area contributed by atoms with Gasteiger partial charge in [0.2, 0.25) is 0 Å². The fourth-order valence-corrected chi connectivity index (χ4v) is 4.86. The van der Waals surface area contributed by atoms with E-state index in [0.29, 0.717) is 18.6 Å². The summed E-state index contributed by atoms with van der Waals surface area (Å²) in [5.74, 6) is 0. The molecule has 0 bridgehead atoms. The van der Waals surface area contributed by atoms with Crippen molar-refractivity contribution in [3.8, 4) is 6.07 Å². The SMILES string of the molecule is Cc1cc(S[C@H](C[C@H]2COC(C)(C)N2C(=O)O)c2ccccc2)c(C#N)cn1. The maximum atomic E-state index is 11.8. The molecule has 7 heteroatoms. The lowest BCUT2D eigenvalue weighted by Crippen LogP contribution is -2.47. The van der Waals surface area contributed by atoms with E-state index in [1.54, 1.807) is 31.8 Å². The molecule has 1 aliphatic rings. The highest BCUT2D eigenvalue weighted by molar-refractivity contribution is 7.99. The average Bonchev–Trinajstić information content (AvgIpc) is 2.96. The maximum Gasteiger partial charge on any atom is 0.409 e. The van der Waals surface area contributed by atoms with E-state index in [-0.39, 0.29) is 11.3 Å². The van der Waals surface area contributed by atoms with Gasteiger partial charge in [-0.15, -0.1) is 11.8 Å². The molecule has 28 heavy (non-hydrogen) atoms. The lowest BCUT2D eigenvalue weighted by Gasteiger charge is -2.32. The molecule has 1 aromatic heterocycles. The quantitative estimate of drug-likeness (QED) is 0.742. The third-order valence-electron chi connectivity index (χ3n) is 4.83. The number of ether oxygens (including phenoxy) is 1. The first-order valence-electron chi connectivity index (χ1n) is 9.06. The van der Waals surface area contributed by atoms with E-state index in [9.17, 15) is 15.2 Å². The number of amides is 1. The second kappa shape index (κ2) is 8.21. The molecule has 1 aliphatic heterocycles. The summed E-state index contributed by atoms with van der Waals surface area (Å²) in [6.45, 7) is 5.78. The summed E-state index contributed by atoms with van der Waals surface area (Å²) >= 11 is 1.57. The van der Waals surface area contributed by atoms with E-state index >= 15 is 0 Å². The van der Waals surface area contributed by atoms with Crippen molar-refractivity contribution in [3.63, 3.8) is 0 Å². The van der Waals surface area contributed by atoms with Crippen molar-refractivity contribution >= 4 is 17.9 Å². The smallest absolute Gasteiger partial charge is 0.409 e. The van der Waals surface area contributed by atoms with Crippen LogP contribution in [0.25, 0.3) is 0 Å². The number of thioether (sulfide) groups is 1. The van der Waals surface area contributed by atoms with Crippen molar-refractivity contribution in [1.29, 1.82) is 5.26 Å². The largest absolute Gasteiger partial charge is 0.465 e. The third kappa shape index (κ3) is 4.29. The highest BCUT2D eigenvalue weighted by Gasteiger charge is 2.44. The van der Waals surface area contributed by atoms with Crippen molar-refractivity contribution in [2.24, 2.45) is 0 Å². The normalized spacial score (nSPS) is 19.2. The summed E-state index contributed by atoms with van der Waals surface area (Å²) in [7, 11) is 0. The zero-order chi connectivity index (χ0) is 20.3. The Bertz CT molecular complexity index is 896. The Hall–Kier alpha value is -2.56. The van der Waals surface area contributed by atoms with Crippen molar-refractivity contribution < 1.29 is 14.6 Å². The van der Waals surface area contributed by atoms with Crippen LogP contribution in [0.5, 0.6) is 0 Å². The van der Waals surface area contributed by atoms with E-state index in [2.05, 4.69) is 11.1 Å². The van der Waals surface area contributed by atoms with Crippen LogP contribution in [0, 0.1) is 18.3 Å². The molecule has 1 fully saturated rings. The second-order valence-corrected chi connectivity index (χ2v) is 8.50. The number of aryl methyl sites for hydroxylation is 1. The molecule has 146 valence electrons. The minimum atomic E-state index is -0.984. The minimum Gasteiger partial charge on any atom is -0.465 e. The summed E-state index contributed by atoms with van der Waals surface area (Å²) < 4.78 is 5.75. The molecule has 1 amide bonds. The minimum absolute atomic E-state index is 0.0283. The Morgan fingerprint density at radius 2 is 2.18 bits per heavy atom. The average molecular weight is 398 g/mol. The van der Waals surface area contributed by atoms with Gasteiger partial charge in [0.25, 0.3) is 0 Å². The number of aromatic nitrogens is 1. The highest BCUT2D eigenvalue weighted by Crippen LogP contribution is 2.43. The Morgan fingerprint density at radius 1 is 1.46 bits per heavy atom. The Labute approximate surface area is 169 Å². The van der Waals surface area contributed by atoms with Gasteiger partial charge in [-0.05, 0) is 38.8 Å². The molecular weight excluding hydrogens is 374 g/mol. The van der Waals surface area contributed by atoms with Gasteiger partial charge in [0.1, 0.15) is 11.8 Å². The first-order chi connectivity index (χ1) is 13.3. The van der Waals surface area contributed by atoms with E-state index in [0.717, 1.165) is 16.2 Å². The number of nitrogens with zero attached hydrogens (tertiary/aromatic N) is 3. The van der Waals surface area contributed by atoms with Gasteiger partial charge in [0, 0.05) is 22.0 Å². The molecule has 0 spiro atoms. The van der Waals surface area contributed by atoms with Crippen LogP contribution in [-0.2, 0) is 4.74 Å². The van der Waals surface area contributed by atoms with Crippen LogP contribution in [-0.4, -0.2) is 39.5 Å². The van der Waals surface area contributed by atoms with Gasteiger partial charge in [-0.1, -0.05) is 30.3 Å². The molecule has 2 atom stereocenters. The molecule has 1 N–H and O–H groups in total. The molecule has 0 unspecified atom stereocenters. The topological polar surface area (TPSA) is 86.5 Å². The van der Waals surface area contributed by atoms with Gasteiger partial charge in [0.05, 0.1) is 18.2 Å². The summed E-state index contributed by atoms with van der Waals surface area (Å²) in [6.07, 6.45) is 1.18. The zero-order valence-electron chi connectivity index (χ0n) is 16.1. The summed E-state index contributed by atoms with van der Waals surface area (Å²) in [6, 6.07) is 13.8. The number of carbonyl (C=O) groups is 1.